The van der Waals surface area contributed by atoms with E-state index in [9.17, 15) is 9.59 Å². The van der Waals surface area contributed by atoms with Crippen molar-refractivity contribution in [2.75, 3.05) is 32.2 Å². The Morgan fingerprint density at radius 3 is 2.46 bits per heavy atom. The second-order valence-electron chi connectivity index (χ2n) is 6.12. The molecule has 0 unspecified atom stereocenters. The number of carbonyl (C=O) groups excluding carboxylic acids is 2. The highest BCUT2D eigenvalue weighted by molar-refractivity contribution is 9.10. The fourth-order valence-electron chi connectivity index (χ4n) is 2.40. The minimum atomic E-state index is -0.273. The Morgan fingerprint density at radius 2 is 1.79 bits per heavy atom. The minimum Gasteiger partial charge on any atom is -0.493 e. The van der Waals surface area contributed by atoms with Crippen molar-refractivity contribution >= 4 is 33.4 Å². The molecule has 0 saturated heterocycles. The molecule has 2 aromatic rings. The molecular weight excluding hydrogens is 424 g/mol. The average molecular weight is 449 g/mol. The molecule has 0 radical (unpaired) electrons. The first kappa shape index (κ1) is 21.9. The molecule has 2 aromatic carbocycles. The number of amides is 2. The van der Waals surface area contributed by atoms with Crippen LogP contribution in [0.5, 0.6) is 5.75 Å². The van der Waals surface area contributed by atoms with Gasteiger partial charge in [-0.3, -0.25) is 9.59 Å². The Balaban J connectivity index is 2.04. The number of carbonyl (C=O) groups is 2. The van der Waals surface area contributed by atoms with E-state index >= 15 is 0 Å². The first-order valence-corrected chi connectivity index (χ1v) is 9.95. The molecule has 0 spiro atoms. The molecule has 0 aliphatic heterocycles. The zero-order valence-electron chi connectivity index (χ0n) is 16.1. The molecule has 0 fully saturated rings. The first-order chi connectivity index (χ1) is 13.5. The lowest BCUT2D eigenvalue weighted by molar-refractivity contribution is 0.0936. The zero-order chi connectivity index (χ0) is 20.4. The van der Waals surface area contributed by atoms with Crippen LogP contribution in [0.2, 0.25) is 0 Å². The zero-order valence-corrected chi connectivity index (χ0v) is 17.7. The van der Waals surface area contributed by atoms with Gasteiger partial charge in [0, 0.05) is 29.4 Å². The summed E-state index contributed by atoms with van der Waals surface area (Å²) in [7, 11) is 1.58. The molecule has 150 valence electrons. The van der Waals surface area contributed by atoms with Crippen LogP contribution in [0, 0.1) is 0 Å². The normalized spacial score (nSPS) is 10.4. The van der Waals surface area contributed by atoms with E-state index in [0.29, 0.717) is 42.3 Å². The van der Waals surface area contributed by atoms with Crippen LogP contribution in [0.1, 0.15) is 40.5 Å². The molecule has 0 saturated carbocycles. The smallest absolute Gasteiger partial charge is 0.259 e. The lowest BCUT2D eigenvalue weighted by Gasteiger charge is -2.12. The Kier molecular flexibility index (Phi) is 8.97. The van der Waals surface area contributed by atoms with Gasteiger partial charge in [0.05, 0.1) is 18.8 Å². The number of hydrogen-bond donors (Lipinski definition) is 2. The van der Waals surface area contributed by atoms with Crippen LogP contribution in [0.15, 0.2) is 46.9 Å². The second-order valence-corrected chi connectivity index (χ2v) is 7.04. The van der Waals surface area contributed by atoms with Gasteiger partial charge in [0.15, 0.2) is 0 Å². The van der Waals surface area contributed by atoms with Gasteiger partial charge in [0.1, 0.15) is 5.75 Å². The van der Waals surface area contributed by atoms with Crippen molar-refractivity contribution in [3.8, 4) is 5.75 Å². The fourth-order valence-corrected chi connectivity index (χ4v) is 2.77. The summed E-state index contributed by atoms with van der Waals surface area (Å²) < 4.78 is 11.4. The Labute approximate surface area is 173 Å². The van der Waals surface area contributed by atoms with Crippen molar-refractivity contribution < 1.29 is 19.1 Å². The van der Waals surface area contributed by atoms with Crippen LogP contribution in [0.4, 0.5) is 5.69 Å². The van der Waals surface area contributed by atoms with Crippen molar-refractivity contribution in [2.24, 2.45) is 0 Å². The first-order valence-electron chi connectivity index (χ1n) is 9.16. The van der Waals surface area contributed by atoms with E-state index in [2.05, 4.69) is 33.5 Å². The quantitative estimate of drug-likeness (QED) is 0.532. The largest absolute Gasteiger partial charge is 0.493 e. The number of ether oxygens (including phenoxy) is 2. The molecule has 2 N–H and O–H groups in total. The molecule has 7 heteroatoms. The summed E-state index contributed by atoms with van der Waals surface area (Å²) in [6.07, 6.45) is 1.94. The number of methoxy groups -OCH3 is 1. The summed E-state index contributed by atoms with van der Waals surface area (Å²) in [5.41, 5.74) is 1.56. The molecule has 6 nitrogen and oxygen atoms in total. The lowest BCUT2D eigenvalue weighted by Crippen LogP contribution is -2.26. The molecule has 28 heavy (non-hydrogen) atoms. The second kappa shape index (κ2) is 11.5. The van der Waals surface area contributed by atoms with Crippen LogP contribution in [0.3, 0.4) is 0 Å². The molecule has 0 atom stereocenters. The van der Waals surface area contributed by atoms with Crippen LogP contribution in [0.25, 0.3) is 0 Å². The summed E-state index contributed by atoms with van der Waals surface area (Å²) in [4.78, 5) is 24.7. The number of anilines is 1. The van der Waals surface area contributed by atoms with Gasteiger partial charge in [-0.15, -0.1) is 0 Å². The van der Waals surface area contributed by atoms with Crippen molar-refractivity contribution in [1.82, 2.24) is 5.32 Å². The third-order valence-electron chi connectivity index (χ3n) is 3.94. The van der Waals surface area contributed by atoms with E-state index < -0.39 is 0 Å². The van der Waals surface area contributed by atoms with E-state index in [1.165, 1.54) is 0 Å². The van der Waals surface area contributed by atoms with E-state index in [0.717, 1.165) is 17.3 Å². The van der Waals surface area contributed by atoms with Crippen molar-refractivity contribution in [3.05, 3.63) is 58.1 Å². The number of nitrogens with one attached hydrogen (secondary N) is 2. The SMILES string of the molecule is CCCCOc1ccc(Br)cc1C(=O)Nc1ccc(C(=O)NCCOC)cc1. The molecule has 0 aromatic heterocycles. The van der Waals surface area contributed by atoms with Gasteiger partial charge in [-0.05, 0) is 48.9 Å². The molecule has 0 bridgehead atoms. The molecule has 2 rings (SSSR count). The third-order valence-corrected chi connectivity index (χ3v) is 4.43. The predicted molar refractivity (Wildman–Crippen MR) is 113 cm³/mol. The third kappa shape index (κ3) is 6.65. The van der Waals surface area contributed by atoms with Gasteiger partial charge in [0.2, 0.25) is 0 Å². The minimum absolute atomic E-state index is 0.187. The maximum atomic E-state index is 12.7. The maximum absolute atomic E-state index is 12.7. The Morgan fingerprint density at radius 1 is 1.04 bits per heavy atom. The summed E-state index contributed by atoms with van der Waals surface area (Å²) >= 11 is 3.39. The summed E-state index contributed by atoms with van der Waals surface area (Å²) in [6, 6.07) is 12.1. The maximum Gasteiger partial charge on any atom is 0.259 e. The van der Waals surface area contributed by atoms with Gasteiger partial charge >= 0.3 is 0 Å². The molecular formula is C21H25BrN2O4. The standard InChI is InChI=1S/C21H25BrN2O4/c1-3-4-12-28-19-10-7-16(22)14-18(19)21(26)24-17-8-5-15(6-9-17)20(25)23-11-13-27-2/h5-10,14H,3-4,11-13H2,1-2H3,(H,23,25)(H,24,26). The highest BCUT2D eigenvalue weighted by atomic mass is 79.9. The van der Waals surface area contributed by atoms with E-state index in [1.54, 1.807) is 43.5 Å². The number of rotatable bonds is 10. The number of benzene rings is 2. The fraction of sp³-hybridized carbons (Fsp3) is 0.333. The highest BCUT2D eigenvalue weighted by Gasteiger charge is 2.14. The lowest BCUT2D eigenvalue weighted by atomic mass is 10.1. The predicted octanol–water partition coefficient (Wildman–Crippen LogP) is 4.26. The molecule has 0 heterocycles. The molecule has 0 aliphatic carbocycles. The number of halogens is 1. The topological polar surface area (TPSA) is 76.7 Å². The van der Waals surface area contributed by atoms with Crippen molar-refractivity contribution in [1.29, 1.82) is 0 Å². The number of hydrogen-bond acceptors (Lipinski definition) is 4. The summed E-state index contributed by atoms with van der Waals surface area (Å²) in [5, 5.41) is 5.59. The molecule has 2 amide bonds. The van der Waals surface area contributed by atoms with Crippen LogP contribution in [-0.2, 0) is 4.74 Å². The Hall–Kier alpha value is -2.38. The van der Waals surface area contributed by atoms with E-state index in [4.69, 9.17) is 9.47 Å². The van der Waals surface area contributed by atoms with Gasteiger partial charge in [-0.1, -0.05) is 29.3 Å². The molecule has 0 aliphatic rings. The van der Waals surface area contributed by atoms with Gasteiger partial charge < -0.3 is 20.1 Å². The van der Waals surface area contributed by atoms with Gasteiger partial charge in [0.25, 0.3) is 11.8 Å². The van der Waals surface area contributed by atoms with Crippen LogP contribution in [-0.4, -0.2) is 38.7 Å². The summed E-state index contributed by atoms with van der Waals surface area (Å²) in [6.45, 7) is 3.54. The average Bonchev–Trinajstić information content (AvgIpc) is 2.70. The van der Waals surface area contributed by atoms with Crippen molar-refractivity contribution in [3.63, 3.8) is 0 Å². The van der Waals surface area contributed by atoms with Crippen LogP contribution < -0.4 is 15.4 Å². The van der Waals surface area contributed by atoms with Gasteiger partial charge in [-0.25, -0.2) is 0 Å². The van der Waals surface area contributed by atoms with Crippen LogP contribution >= 0.6 is 15.9 Å². The monoisotopic (exact) mass is 448 g/mol. The van der Waals surface area contributed by atoms with Gasteiger partial charge in [-0.2, -0.15) is 0 Å². The van der Waals surface area contributed by atoms with E-state index in [1.807, 2.05) is 6.07 Å². The Bertz CT molecular complexity index is 793. The summed E-state index contributed by atoms with van der Waals surface area (Å²) in [5.74, 6) is 0.0851. The highest BCUT2D eigenvalue weighted by Crippen LogP contribution is 2.25. The number of unbranched alkanes of at least 4 members (excludes halogenated alkanes) is 1. The van der Waals surface area contributed by atoms with E-state index in [-0.39, 0.29) is 11.8 Å². The van der Waals surface area contributed by atoms with Crippen molar-refractivity contribution in [2.45, 2.75) is 19.8 Å².